The van der Waals surface area contributed by atoms with Crippen molar-refractivity contribution < 1.29 is 4.79 Å². The van der Waals surface area contributed by atoms with Crippen molar-refractivity contribution in [1.29, 1.82) is 5.26 Å². The van der Waals surface area contributed by atoms with E-state index in [4.69, 9.17) is 5.26 Å². The Bertz CT molecular complexity index is 615. The van der Waals surface area contributed by atoms with Crippen LogP contribution in [0.1, 0.15) is 6.42 Å². The molecule has 1 amide bonds. The predicted octanol–water partition coefficient (Wildman–Crippen LogP) is 2.49. The smallest absolute Gasteiger partial charge is 0.238 e. The topological polar surface area (TPSA) is 70.7 Å². The van der Waals surface area contributed by atoms with Gasteiger partial charge in [0.25, 0.3) is 0 Å². The van der Waals surface area contributed by atoms with Gasteiger partial charge in [0.2, 0.25) is 5.91 Å². The molecule has 1 heterocycles. The first-order valence-corrected chi connectivity index (χ1v) is 5.96. The Morgan fingerprint density at radius 1 is 1.50 bits per heavy atom. The zero-order valence-electron chi connectivity index (χ0n) is 9.30. The van der Waals surface area contributed by atoms with Gasteiger partial charge >= 0.3 is 0 Å². The van der Waals surface area contributed by atoms with Gasteiger partial charge in [-0.15, -0.1) is 0 Å². The van der Waals surface area contributed by atoms with E-state index in [1.807, 2.05) is 24.3 Å². The highest BCUT2D eigenvalue weighted by Gasteiger charge is 2.08. The number of carbonyl (C=O) groups is 1. The van der Waals surface area contributed by atoms with E-state index >= 15 is 0 Å². The van der Waals surface area contributed by atoms with Crippen LogP contribution in [0.3, 0.4) is 0 Å². The van der Waals surface area contributed by atoms with Gasteiger partial charge in [0.05, 0.1) is 28.1 Å². The maximum absolute atomic E-state index is 11.4. The number of nitrogens with one attached hydrogen (secondary N) is 1. The molecule has 0 fully saturated rings. The van der Waals surface area contributed by atoms with Crippen molar-refractivity contribution in [2.45, 2.75) is 6.42 Å². The molecule has 0 saturated carbocycles. The van der Waals surface area contributed by atoms with E-state index in [0.717, 1.165) is 10.2 Å². The number of nitriles is 1. The Balaban J connectivity index is 2.32. The number of amides is 1. The van der Waals surface area contributed by atoms with Gasteiger partial charge in [-0.05, 0) is 28.1 Å². The summed E-state index contributed by atoms with van der Waals surface area (Å²) in [6.07, 6.45) is 3.28. The molecule has 6 heteroatoms. The van der Waals surface area contributed by atoms with Crippen molar-refractivity contribution in [2.24, 2.45) is 0 Å². The Morgan fingerprint density at radius 2 is 2.28 bits per heavy atom. The molecule has 0 aliphatic carbocycles. The fourth-order valence-corrected chi connectivity index (χ4v) is 1.76. The summed E-state index contributed by atoms with van der Waals surface area (Å²) in [6, 6.07) is 9.07. The molecule has 0 aliphatic rings. The van der Waals surface area contributed by atoms with E-state index in [9.17, 15) is 4.79 Å². The number of hydrogen-bond donors (Lipinski definition) is 1. The third-order valence-corrected chi connectivity index (χ3v) is 2.63. The number of rotatable bonds is 3. The fraction of sp³-hybridized carbons (Fsp3) is 0.0833. The lowest BCUT2D eigenvalue weighted by Gasteiger charge is -2.09. The summed E-state index contributed by atoms with van der Waals surface area (Å²) < 4.78 is 2.49. The molecule has 90 valence electrons. The summed E-state index contributed by atoms with van der Waals surface area (Å²) in [7, 11) is 0. The highest BCUT2D eigenvalue weighted by atomic mass is 79.9. The zero-order chi connectivity index (χ0) is 13.0. The minimum atomic E-state index is -0.337. The average molecular weight is 305 g/mol. The molecule has 1 N–H and O–H groups in total. The lowest BCUT2D eigenvalue weighted by atomic mass is 10.2. The van der Waals surface area contributed by atoms with Gasteiger partial charge in [0, 0.05) is 6.20 Å². The van der Waals surface area contributed by atoms with Crippen LogP contribution in [-0.2, 0) is 4.79 Å². The highest BCUT2D eigenvalue weighted by molar-refractivity contribution is 9.10. The molecule has 2 rings (SSSR count). The summed E-state index contributed by atoms with van der Waals surface area (Å²) in [6.45, 7) is 0. The minimum Gasteiger partial charge on any atom is -0.323 e. The Kier molecular flexibility index (Phi) is 3.75. The highest BCUT2D eigenvalue weighted by Crippen LogP contribution is 2.21. The van der Waals surface area contributed by atoms with Gasteiger partial charge in [-0.2, -0.15) is 10.4 Å². The standard InChI is InChI=1S/C12H9BrN4O/c13-9-7-15-17(8-9)11-4-2-1-3-10(11)16-12(18)5-6-14/h1-4,7-8H,5H2,(H,16,18). The van der Waals surface area contributed by atoms with Gasteiger partial charge in [-0.25, -0.2) is 4.68 Å². The third-order valence-electron chi connectivity index (χ3n) is 2.22. The first kappa shape index (κ1) is 12.3. The van der Waals surface area contributed by atoms with Crippen LogP contribution in [0.5, 0.6) is 0 Å². The van der Waals surface area contributed by atoms with Crippen molar-refractivity contribution in [3.8, 4) is 11.8 Å². The summed E-state index contributed by atoms with van der Waals surface area (Å²) in [4.78, 5) is 11.4. The molecule has 0 atom stereocenters. The van der Waals surface area contributed by atoms with Gasteiger partial charge in [0.15, 0.2) is 0 Å². The molecule has 0 spiro atoms. The van der Waals surface area contributed by atoms with Crippen LogP contribution in [0.4, 0.5) is 5.69 Å². The quantitative estimate of drug-likeness (QED) is 0.947. The molecular weight excluding hydrogens is 296 g/mol. The van der Waals surface area contributed by atoms with Crippen molar-refractivity contribution in [3.05, 3.63) is 41.1 Å². The number of benzene rings is 1. The lowest BCUT2D eigenvalue weighted by molar-refractivity contribution is -0.115. The molecule has 1 aromatic carbocycles. The van der Waals surface area contributed by atoms with Crippen molar-refractivity contribution >= 4 is 27.5 Å². The minimum absolute atomic E-state index is 0.170. The zero-order valence-corrected chi connectivity index (χ0v) is 10.9. The van der Waals surface area contributed by atoms with E-state index in [1.165, 1.54) is 0 Å². The van der Waals surface area contributed by atoms with Crippen LogP contribution in [0.2, 0.25) is 0 Å². The fourth-order valence-electron chi connectivity index (χ4n) is 1.48. The normalized spacial score (nSPS) is 9.78. The Labute approximate surface area is 112 Å². The van der Waals surface area contributed by atoms with Gasteiger partial charge in [-0.3, -0.25) is 4.79 Å². The number of hydrogen-bond acceptors (Lipinski definition) is 3. The van der Waals surface area contributed by atoms with Gasteiger partial charge in [-0.1, -0.05) is 12.1 Å². The molecule has 0 saturated heterocycles. The van der Waals surface area contributed by atoms with Crippen LogP contribution in [0, 0.1) is 11.3 Å². The Morgan fingerprint density at radius 3 is 2.94 bits per heavy atom. The number of nitrogens with zero attached hydrogens (tertiary/aromatic N) is 3. The second-order valence-corrected chi connectivity index (χ2v) is 4.42. The number of anilines is 1. The average Bonchev–Trinajstić information content (AvgIpc) is 2.77. The first-order valence-electron chi connectivity index (χ1n) is 5.17. The largest absolute Gasteiger partial charge is 0.323 e. The summed E-state index contributed by atoms with van der Waals surface area (Å²) in [5.74, 6) is -0.337. The monoisotopic (exact) mass is 304 g/mol. The molecule has 1 aromatic heterocycles. The SMILES string of the molecule is N#CCC(=O)Nc1ccccc1-n1cc(Br)cn1. The number of carbonyl (C=O) groups excluding carboxylic acids is 1. The summed E-state index contributed by atoms with van der Waals surface area (Å²) in [5.41, 5.74) is 1.36. The van der Waals surface area contributed by atoms with E-state index in [2.05, 4.69) is 26.3 Å². The molecule has 0 radical (unpaired) electrons. The molecule has 0 unspecified atom stereocenters. The number of para-hydroxylation sites is 2. The first-order chi connectivity index (χ1) is 8.70. The van der Waals surface area contributed by atoms with Crippen LogP contribution in [0.25, 0.3) is 5.69 Å². The predicted molar refractivity (Wildman–Crippen MR) is 70.1 cm³/mol. The number of halogens is 1. The van der Waals surface area contributed by atoms with Crippen molar-refractivity contribution in [1.82, 2.24) is 9.78 Å². The van der Waals surface area contributed by atoms with Crippen LogP contribution < -0.4 is 5.32 Å². The second kappa shape index (κ2) is 5.47. The molecule has 0 bridgehead atoms. The molecule has 5 nitrogen and oxygen atoms in total. The second-order valence-electron chi connectivity index (χ2n) is 3.50. The number of aromatic nitrogens is 2. The summed E-state index contributed by atoms with van der Waals surface area (Å²) in [5, 5.41) is 15.3. The van der Waals surface area contributed by atoms with Crippen LogP contribution >= 0.6 is 15.9 Å². The summed E-state index contributed by atoms with van der Waals surface area (Å²) >= 11 is 3.32. The van der Waals surface area contributed by atoms with E-state index in [0.29, 0.717) is 5.69 Å². The molecule has 2 aromatic rings. The van der Waals surface area contributed by atoms with Gasteiger partial charge in [0.1, 0.15) is 6.42 Å². The van der Waals surface area contributed by atoms with E-state index in [-0.39, 0.29) is 12.3 Å². The van der Waals surface area contributed by atoms with E-state index in [1.54, 1.807) is 23.1 Å². The van der Waals surface area contributed by atoms with Crippen molar-refractivity contribution in [3.63, 3.8) is 0 Å². The van der Waals surface area contributed by atoms with Crippen molar-refractivity contribution in [2.75, 3.05) is 5.32 Å². The van der Waals surface area contributed by atoms with Crippen LogP contribution in [-0.4, -0.2) is 15.7 Å². The maximum atomic E-state index is 11.4. The Hall–Kier alpha value is -2.13. The third kappa shape index (κ3) is 2.76. The lowest BCUT2D eigenvalue weighted by Crippen LogP contribution is -2.12. The maximum Gasteiger partial charge on any atom is 0.238 e. The molecular formula is C12H9BrN4O. The molecule has 18 heavy (non-hydrogen) atoms. The molecule has 0 aliphatic heterocycles. The van der Waals surface area contributed by atoms with Crippen LogP contribution in [0.15, 0.2) is 41.1 Å². The van der Waals surface area contributed by atoms with Gasteiger partial charge < -0.3 is 5.32 Å². The van der Waals surface area contributed by atoms with E-state index < -0.39 is 0 Å².